The lowest BCUT2D eigenvalue weighted by Gasteiger charge is -2.22. The van der Waals surface area contributed by atoms with Gasteiger partial charge in [-0.25, -0.2) is 0 Å². The zero-order valence-corrected chi connectivity index (χ0v) is 11.7. The van der Waals surface area contributed by atoms with Crippen LogP contribution in [0, 0.1) is 0 Å². The average molecular weight is 275 g/mol. The van der Waals surface area contributed by atoms with Crippen LogP contribution in [0.4, 0.5) is 0 Å². The van der Waals surface area contributed by atoms with Gasteiger partial charge in [0.25, 0.3) is 0 Å². The number of nitrogens with one attached hydrogen (secondary N) is 1. The van der Waals surface area contributed by atoms with Gasteiger partial charge < -0.3 is 14.8 Å². The van der Waals surface area contributed by atoms with E-state index >= 15 is 0 Å². The largest absolute Gasteiger partial charge is 0.493 e. The number of Topliss-reactive ketones (excluding diaryl/α,β-unsaturated/α-hetero) is 1. The first-order chi connectivity index (χ1) is 9.83. The van der Waals surface area contributed by atoms with Crippen molar-refractivity contribution in [2.75, 3.05) is 26.3 Å². The second kappa shape index (κ2) is 6.37. The van der Waals surface area contributed by atoms with Crippen LogP contribution in [0.5, 0.6) is 5.75 Å². The fourth-order valence-electron chi connectivity index (χ4n) is 2.78. The molecule has 4 heteroatoms. The van der Waals surface area contributed by atoms with E-state index < -0.39 is 0 Å². The SMILES string of the molecule is O=C(CCOC1CCNCC1)c1ccc2c(c1)CCO2. The molecule has 2 aliphatic heterocycles. The molecular formula is C16H21NO3. The highest BCUT2D eigenvalue weighted by molar-refractivity contribution is 5.96. The van der Waals surface area contributed by atoms with Crippen LogP contribution in [0.2, 0.25) is 0 Å². The van der Waals surface area contributed by atoms with Crippen molar-refractivity contribution in [2.24, 2.45) is 0 Å². The van der Waals surface area contributed by atoms with Gasteiger partial charge in [0.2, 0.25) is 0 Å². The van der Waals surface area contributed by atoms with Crippen LogP contribution in [-0.4, -0.2) is 38.2 Å². The van der Waals surface area contributed by atoms with E-state index in [0.717, 1.165) is 55.8 Å². The third kappa shape index (κ3) is 3.19. The van der Waals surface area contributed by atoms with Crippen molar-refractivity contribution in [1.29, 1.82) is 0 Å². The summed E-state index contributed by atoms with van der Waals surface area (Å²) in [4.78, 5) is 12.2. The van der Waals surface area contributed by atoms with Crippen LogP contribution in [0.3, 0.4) is 0 Å². The normalized spacial score (nSPS) is 18.6. The first-order valence-corrected chi connectivity index (χ1v) is 7.44. The summed E-state index contributed by atoms with van der Waals surface area (Å²) < 4.78 is 11.2. The molecule has 4 nitrogen and oxygen atoms in total. The second-order valence-corrected chi connectivity index (χ2v) is 5.41. The quantitative estimate of drug-likeness (QED) is 0.835. The van der Waals surface area contributed by atoms with Gasteiger partial charge in [0, 0.05) is 18.4 Å². The molecule has 1 saturated heterocycles. The molecular weight excluding hydrogens is 254 g/mol. The molecule has 1 fully saturated rings. The number of benzene rings is 1. The van der Waals surface area contributed by atoms with Gasteiger partial charge in [0.1, 0.15) is 5.75 Å². The van der Waals surface area contributed by atoms with E-state index in [9.17, 15) is 4.79 Å². The van der Waals surface area contributed by atoms with Gasteiger partial charge in [-0.3, -0.25) is 4.79 Å². The molecule has 0 aliphatic carbocycles. The average Bonchev–Trinajstić information content (AvgIpc) is 2.95. The fraction of sp³-hybridized carbons (Fsp3) is 0.562. The summed E-state index contributed by atoms with van der Waals surface area (Å²) in [6.45, 7) is 3.29. The van der Waals surface area contributed by atoms with Gasteiger partial charge in [-0.15, -0.1) is 0 Å². The molecule has 0 bridgehead atoms. The van der Waals surface area contributed by atoms with Crippen LogP contribution < -0.4 is 10.1 Å². The summed E-state index contributed by atoms with van der Waals surface area (Å²) in [5, 5.41) is 3.30. The maximum atomic E-state index is 12.2. The number of piperidine rings is 1. The zero-order valence-electron chi connectivity index (χ0n) is 11.7. The summed E-state index contributed by atoms with van der Waals surface area (Å²) in [6.07, 6.45) is 3.78. The Bertz CT molecular complexity index is 481. The molecule has 1 aromatic carbocycles. The Morgan fingerprint density at radius 2 is 2.20 bits per heavy atom. The van der Waals surface area contributed by atoms with Crippen LogP contribution in [0.15, 0.2) is 18.2 Å². The number of carbonyl (C=O) groups is 1. The van der Waals surface area contributed by atoms with Crippen LogP contribution in [-0.2, 0) is 11.2 Å². The Balaban J connectivity index is 1.49. The van der Waals surface area contributed by atoms with E-state index in [1.54, 1.807) is 0 Å². The Morgan fingerprint density at radius 1 is 1.35 bits per heavy atom. The highest BCUT2D eigenvalue weighted by Crippen LogP contribution is 2.26. The van der Waals surface area contributed by atoms with E-state index in [2.05, 4.69) is 5.32 Å². The zero-order chi connectivity index (χ0) is 13.8. The number of carbonyl (C=O) groups excluding carboxylic acids is 1. The molecule has 1 N–H and O–H groups in total. The van der Waals surface area contributed by atoms with Crippen molar-refractivity contribution in [1.82, 2.24) is 5.32 Å². The van der Waals surface area contributed by atoms with Crippen molar-refractivity contribution in [3.05, 3.63) is 29.3 Å². The van der Waals surface area contributed by atoms with Gasteiger partial charge in [0.15, 0.2) is 5.78 Å². The maximum Gasteiger partial charge on any atom is 0.165 e. The minimum absolute atomic E-state index is 0.161. The Hall–Kier alpha value is -1.39. The third-order valence-corrected chi connectivity index (χ3v) is 3.98. The molecule has 0 unspecified atom stereocenters. The number of ketones is 1. The van der Waals surface area contributed by atoms with Crippen LogP contribution >= 0.6 is 0 Å². The fourth-order valence-corrected chi connectivity index (χ4v) is 2.78. The second-order valence-electron chi connectivity index (χ2n) is 5.41. The smallest absolute Gasteiger partial charge is 0.165 e. The van der Waals surface area contributed by atoms with Gasteiger partial charge in [-0.05, 0) is 49.7 Å². The molecule has 108 valence electrons. The highest BCUT2D eigenvalue weighted by Gasteiger charge is 2.16. The van der Waals surface area contributed by atoms with Crippen LogP contribution in [0.25, 0.3) is 0 Å². The highest BCUT2D eigenvalue weighted by atomic mass is 16.5. The first kappa shape index (κ1) is 13.6. The first-order valence-electron chi connectivity index (χ1n) is 7.44. The number of hydrogen-bond acceptors (Lipinski definition) is 4. The lowest BCUT2D eigenvalue weighted by Crippen LogP contribution is -2.32. The molecule has 0 saturated carbocycles. The minimum Gasteiger partial charge on any atom is -0.493 e. The lowest BCUT2D eigenvalue weighted by molar-refractivity contribution is 0.0313. The molecule has 2 aliphatic rings. The molecule has 2 heterocycles. The van der Waals surface area contributed by atoms with E-state index in [1.165, 1.54) is 0 Å². The van der Waals surface area contributed by atoms with E-state index in [1.807, 2.05) is 18.2 Å². The van der Waals surface area contributed by atoms with Gasteiger partial charge in [-0.1, -0.05) is 0 Å². The monoisotopic (exact) mass is 275 g/mol. The predicted molar refractivity (Wildman–Crippen MR) is 76.4 cm³/mol. The number of rotatable bonds is 5. The molecule has 3 rings (SSSR count). The number of fused-ring (bicyclic) bond motifs is 1. The standard InChI is InChI=1S/C16H21NO3/c18-15(6-10-19-14-3-7-17-8-4-14)12-1-2-16-13(11-12)5-9-20-16/h1-2,11,14,17H,3-10H2. The molecule has 0 amide bonds. The van der Waals surface area contributed by atoms with Crippen molar-refractivity contribution in [3.63, 3.8) is 0 Å². The molecule has 0 atom stereocenters. The summed E-state index contributed by atoms with van der Waals surface area (Å²) in [7, 11) is 0. The molecule has 0 spiro atoms. The van der Waals surface area contributed by atoms with Crippen molar-refractivity contribution >= 4 is 5.78 Å². The molecule has 1 aromatic rings. The maximum absolute atomic E-state index is 12.2. The molecule has 0 aromatic heterocycles. The number of hydrogen-bond donors (Lipinski definition) is 1. The van der Waals surface area contributed by atoms with Crippen molar-refractivity contribution < 1.29 is 14.3 Å². The summed E-state index contributed by atoms with van der Waals surface area (Å²) in [5.74, 6) is 1.08. The summed E-state index contributed by atoms with van der Waals surface area (Å²) in [5.41, 5.74) is 1.93. The molecule has 20 heavy (non-hydrogen) atoms. The van der Waals surface area contributed by atoms with E-state index in [-0.39, 0.29) is 5.78 Å². The van der Waals surface area contributed by atoms with E-state index in [0.29, 0.717) is 19.1 Å². The van der Waals surface area contributed by atoms with Gasteiger partial charge in [-0.2, -0.15) is 0 Å². The van der Waals surface area contributed by atoms with Gasteiger partial charge >= 0.3 is 0 Å². The topological polar surface area (TPSA) is 47.6 Å². The van der Waals surface area contributed by atoms with Gasteiger partial charge in [0.05, 0.1) is 19.3 Å². The van der Waals surface area contributed by atoms with Crippen molar-refractivity contribution in [3.8, 4) is 5.75 Å². The Morgan fingerprint density at radius 3 is 3.05 bits per heavy atom. The summed E-state index contributed by atoms with van der Waals surface area (Å²) in [6, 6.07) is 5.73. The van der Waals surface area contributed by atoms with E-state index in [4.69, 9.17) is 9.47 Å². The molecule has 0 radical (unpaired) electrons. The Kier molecular flexibility index (Phi) is 4.33. The predicted octanol–water partition coefficient (Wildman–Crippen LogP) is 1.96. The van der Waals surface area contributed by atoms with Crippen molar-refractivity contribution in [2.45, 2.75) is 31.8 Å². The third-order valence-electron chi connectivity index (χ3n) is 3.98. The Labute approximate surface area is 119 Å². The summed E-state index contributed by atoms with van der Waals surface area (Å²) >= 11 is 0. The number of ether oxygens (including phenoxy) is 2. The lowest BCUT2D eigenvalue weighted by atomic mass is 10.0. The minimum atomic E-state index is 0.161. The van der Waals surface area contributed by atoms with Crippen LogP contribution in [0.1, 0.15) is 35.2 Å².